The zero-order chi connectivity index (χ0) is 17.1. The highest BCUT2D eigenvalue weighted by Gasteiger charge is 2.49. The van der Waals surface area contributed by atoms with Gasteiger partial charge in [-0.05, 0) is 42.2 Å². The zero-order valence-corrected chi connectivity index (χ0v) is 13.6. The van der Waals surface area contributed by atoms with Crippen LogP contribution in [0.15, 0.2) is 47.5 Å². The van der Waals surface area contributed by atoms with Crippen molar-refractivity contribution in [3.63, 3.8) is 0 Å². The number of hydrogen-bond donors (Lipinski definition) is 1. The van der Waals surface area contributed by atoms with E-state index >= 15 is 0 Å². The summed E-state index contributed by atoms with van der Waals surface area (Å²) >= 11 is 1.55. The first-order chi connectivity index (χ1) is 11.3. The third kappa shape index (κ3) is 2.36. The zero-order valence-electron chi connectivity index (χ0n) is 12.8. The molecule has 124 valence electrons. The molecule has 0 fully saturated rings. The van der Waals surface area contributed by atoms with Crippen molar-refractivity contribution in [2.45, 2.75) is 30.5 Å². The number of alkyl halides is 3. The molecule has 0 saturated carbocycles. The van der Waals surface area contributed by atoms with Crippen molar-refractivity contribution in [1.29, 1.82) is 0 Å². The molecule has 2 nitrogen and oxygen atoms in total. The van der Waals surface area contributed by atoms with Crippen molar-refractivity contribution in [2.24, 2.45) is 4.99 Å². The van der Waals surface area contributed by atoms with Gasteiger partial charge in [0.1, 0.15) is 0 Å². The molecule has 2 aromatic carbocycles. The molecule has 0 saturated heterocycles. The number of thioether (sulfide) groups is 1. The van der Waals surface area contributed by atoms with E-state index in [2.05, 4.69) is 4.99 Å². The molecule has 4 rings (SSSR count). The van der Waals surface area contributed by atoms with Crippen molar-refractivity contribution in [3.8, 4) is 11.1 Å². The second-order valence-electron chi connectivity index (χ2n) is 6.12. The van der Waals surface area contributed by atoms with Gasteiger partial charge in [-0.1, -0.05) is 30.3 Å². The summed E-state index contributed by atoms with van der Waals surface area (Å²) in [6.45, 7) is 1.87. The van der Waals surface area contributed by atoms with E-state index in [0.717, 1.165) is 28.3 Å². The number of nitrogens with zero attached hydrogens (tertiary/aromatic N) is 1. The lowest BCUT2D eigenvalue weighted by Crippen LogP contribution is -2.27. The summed E-state index contributed by atoms with van der Waals surface area (Å²) in [5.41, 5.74) is 1.08. The SMILES string of the molecule is CC1=NC2(O)c3ccc(-c4cccc(C(F)(F)F)c4)cc3CC2S1. The normalized spacial score (nSPS) is 25.4. The topological polar surface area (TPSA) is 32.6 Å². The highest BCUT2D eigenvalue weighted by atomic mass is 32.2. The van der Waals surface area contributed by atoms with Gasteiger partial charge < -0.3 is 5.11 Å². The number of aliphatic imine (C=N–C) groups is 1. The fourth-order valence-electron chi connectivity index (χ4n) is 3.42. The minimum absolute atomic E-state index is 0.0516. The van der Waals surface area contributed by atoms with Gasteiger partial charge in [-0.25, -0.2) is 4.99 Å². The van der Waals surface area contributed by atoms with Crippen LogP contribution in [0.5, 0.6) is 0 Å². The van der Waals surface area contributed by atoms with Crippen LogP contribution in [-0.4, -0.2) is 15.4 Å². The molecule has 1 heterocycles. The van der Waals surface area contributed by atoms with Crippen LogP contribution < -0.4 is 0 Å². The van der Waals surface area contributed by atoms with Gasteiger partial charge in [-0.15, -0.1) is 11.8 Å². The van der Waals surface area contributed by atoms with E-state index in [9.17, 15) is 18.3 Å². The van der Waals surface area contributed by atoms with E-state index in [1.165, 1.54) is 6.07 Å². The molecule has 0 bridgehead atoms. The van der Waals surface area contributed by atoms with Gasteiger partial charge in [0.05, 0.1) is 15.9 Å². The Labute approximate surface area is 141 Å². The molecule has 1 N–H and O–H groups in total. The molecular weight excluding hydrogens is 335 g/mol. The molecular formula is C18H14F3NOS. The third-order valence-electron chi connectivity index (χ3n) is 4.52. The molecule has 2 unspecified atom stereocenters. The molecule has 24 heavy (non-hydrogen) atoms. The smallest absolute Gasteiger partial charge is 0.365 e. The molecule has 1 aliphatic carbocycles. The number of fused-ring (bicyclic) bond motifs is 3. The number of rotatable bonds is 1. The van der Waals surface area contributed by atoms with Gasteiger partial charge >= 0.3 is 6.18 Å². The van der Waals surface area contributed by atoms with E-state index < -0.39 is 17.5 Å². The maximum atomic E-state index is 12.9. The monoisotopic (exact) mass is 349 g/mol. The van der Waals surface area contributed by atoms with Gasteiger partial charge in [-0.3, -0.25) is 0 Å². The fourth-order valence-corrected chi connectivity index (χ4v) is 4.63. The maximum Gasteiger partial charge on any atom is 0.416 e. The maximum absolute atomic E-state index is 12.9. The van der Waals surface area contributed by atoms with E-state index in [1.54, 1.807) is 30.0 Å². The van der Waals surface area contributed by atoms with Gasteiger partial charge in [0.15, 0.2) is 5.72 Å². The van der Waals surface area contributed by atoms with Crippen LogP contribution in [0.25, 0.3) is 11.1 Å². The Morgan fingerprint density at radius 3 is 2.67 bits per heavy atom. The Balaban J connectivity index is 1.75. The minimum atomic E-state index is -4.36. The first-order valence-corrected chi connectivity index (χ1v) is 8.42. The second kappa shape index (κ2) is 5.10. The summed E-state index contributed by atoms with van der Waals surface area (Å²) in [6, 6.07) is 10.7. The fraction of sp³-hybridized carbons (Fsp3) is 0.278. The molecule has 0 aromatic heterocycles. The summed E-state index contributed by atoms with van der Waals surface area (Å²) < 4.78 is 38.7. The predicted octanol–water partition coefficient (Wildman–Crippen LogP) is 4.61. The summed E-state index contributed by atoms with van der Waals surface area (Å²) in [6.07, 6.45) is -3.70. The largest absolute Gasteiger partial charge is 0.416 e. The summed E-state index contributed by atoms with van der Waals surface area (Å²) in [7, 11) is 0. The Kier molecular flexibility index (Phi) is 3.34. The Hall–Kier alpha value is -1.79. The predicted molar refractivity (Wildman–Crippen MR) is 89.0 cm³/mol. The molecule has 0 radical (unpaired) electrons. The lowest BCUT2D eigenvalue weighted by molar-refractivity contribution is -0.137. The Morgan fingerprint density at radius 2 is 1.92 bits per heavy atom. The number of halogens is 3. The molecule has 0 spiro atoms. The van der Waals surface area contributed by atoms with Crippen LogP contribution in [0.2, 0.25) is 0 Å². The summed E-state index contributed by atoms with van der Waals surface area (Å²) in [5.74, 6) is 0. The van der Waals surface area contributed by atoms with Gasteiger partial charge in [0, 0.05) is 5.56 Å². The third-order valence-corrected chi connectivity index (χ3v) is 5.73. The van der Waals surface area contributed by atoms with Crippen molar-refractivity contribution in [3.05, 3.63) is 59.2 Å². The van der Waals surface area contributed by atoms with Crippen LogP contribution in [0.4, 0.5) is 13.2 Å². The standard InChI is InChI=1S/C18H14F3NOS/c1-10-22-17(23)15-6-5-12(7-13(15)9-16(17)24-10)11-3-2-4-14(8-11)18(19,20)21/h2-8,16,23H,9H2,1H3. The first kappa shape index (κ1) is 15.7. The lowest BCUT2D eigenvalue weighted by atomic mass is 9.97. The molecule has 6 heteroatoms. The van der Waals surface area contributed by atoms with Crippen LogP contribution in [0.3, 0.4) is 0 Å². The average Bonchev–Trinajstić information content (AvgIpc) is 2.94. The van der Waals surface area contributed by atoms with Gasteiger partial charge in [0.2, 0.25) is 0 Å². The quantitative estimate of drug-likeness (QED) is 0.816. The molecule has 2 aliphatic rings. The number of hydrogen-bond acceptors (Lipinski definition) is 3. The number of benzene rings is 2. The van der Waals surface area contributed by atoms with E-state index in [4.69, 9.17) is 0 Å². The summed E-state index contributed by atoms with van der Waals surface area (Å²) in [4.78, 5) is 4.36. The van der Waals surface area contributed by atoms with Crippen LogP contribution in [0, 0.1) is 0 Å². The second-order valence-corrected chi connectivity index (χ2v) is 7.51. The lowest BCUT2D eigenvalue weighted by Gasteiger charge is -2.19. The number of aliphatic hydroxyl groups is 1. The van der Waals surface area contributed by atoms with E-state index in [-0.39, 0.29) is 5.25 Å². The molecule has 2 atom stereocenters. The van der Waals surface area contributed by atoms with Crippen molar-refractivity contribution in [1.82, 2.24) is 0 Å². The molecule has 2 aromatic rings. The van der Waals surface area contributed by atoms with Crippen LogP contribution >= 0.6 is 11.8 Å². The van der Waals surface area contributed by atoms with Crippen LogP contribution in [0.1, 0.15) is 23.6 Å². The van der Waals surface area contributed by atoms with E-state index in [1.807, 2.05) is 13.0 Å². The molecule has 1 aliphatic heterocycles. The first-order valence-electron chi connectivity index (χ1n) is 7.54. The Morgan fingerprint density at radius 1 is 1.17 bits per heavy atom. The molecule has 0 amide bonds. The highest BCUT2D eigenvalue weighted by molar-refractivity contribution is 8.14. The van der Waals surface area contributed by atoms with E-state index in [0.29, 0.717) is 17.5 Å². The van der Waals surface area contributed by atoms with Crippen LogP contribution in [-0.2, 0) is 18.3 Å². The Bertz CT molecular complexity index is 862. The van der Waals surface area contributed by atoms with Crippen molar-refractivity contribution < 1.29 is 18.3 Å². The average molecular weight is 349 g/mol. The minimum Gasteiger partial charge on any atom is -0.365 e. The van der Waals surface area contributed by atoms with Crippen molar-refractivity contribution >= 4 is 16.8 Å². The van der Waals surface area contributed by atoms with Gasteiger partial charge in [0.25, 0.3) is 0 Å². The summed E-state index contributed by atoms with van der Waals surface area (Å²) in [5, 5.41) is 11.6. The highest BCUT2D eigenvalue weighted by Crippen LogP contribution is 2.50. The van der Waals surface area contributed by atoms with Gasteiger partial charge in [-0.2, -0.15) is 13.2 Å². The van der Waals surface area contributed by atoms with Crippen molar-refractivity contribution in [2.75, 3.05) is 0 Å².